The van der Waals surface area contributed by atoms with E-state index in [-0.39, 0.29) is 21.9 Å². The van der Waals surface area contributed by atoms with Crippen molar-refractivity contribution in [3.05, 3.63) is 28.3 Å². The van der Waals surface area contributed by atoms with Crippen molar-refractivity contribution in [3.8, 4) is 11.8 Å². The van der Waals surface area contributed by atoms with E-state index in [1.807, 2.05) is 0 Å². The smallest absolute Gasteiger partial charge is 0.387 e. The Morgan fingerprint density at radius 1 is 1.56 bits per heavy atom. The van der Waals surface area contributed by atoms with Crippen LogP contribution in [-0.2, 0) is 0 Å². The molecule has 0 saturated heterocycles. The number of halogens is 3. The molecule has 0 spiro atoms. The Hall–Kier alpha value is -1.67. The summed E-state index contributed by atoms with van der Waals surface area (Å²) in [7, 11) is 0. The molecule has 1 aromatic rings. The van der Waals surface area contributed by atoms with Gasteiger partial charge in [0, 0.05) is 0 Å². The Balaban J connectivity index is 3.36. The van der Waals surface area contributed by atoms with Gasteiger partial charge < -0.3 is 4.74 Å². The lowest BCUT2D eigenvalue weighted by atomic mass is 10.1. The second kappa shape index (κ2) is 4.90. The first-order chi connectivity index (χ1) is 7.47. The Bertz CT molecular complexity index is 469. The second-order valence-electron chi connectivity index (χ2n) is 2.85. The fraction of sp³-hybridized carbons (Fsp3) is 0.200. The minimum atomic E-state index is -3.05. The molecule has 0 amide bonds. The predicted molar refractivity (Wildman–Crippen MR) is 52.8 cm³/mol. The van der Waals surface area contributed by atoms with Gasteiger partial charge in [0.05, 0.1) is 16.1 Å². The molecule has 0 aliphatic rings. The van der Waals surface area contributed by atoms with Crippen LogP contribution in [0.1, 0.15) is 22.8 Å². The van der Waals surface area contributed by atoms with Crippen LogP contribution < -0.4 is 4.74 Å². The summed E-state index contributed by atoms with van der Waals surface area (Å²) >= 11 is 5.72. The molecule has 0 saturated carbocycles. The molecule has 0 fully saturated rings. The van der Waals surface area contributed by atoms with Gasteiger partial charge >= 0.3 is 6.61 Å². The van der Waals surface area contributed by atoms with Gasteiger partial charge in [-0.25, -0.2) is 0 Å². The number of alkyl halides is 2. The summed E-state index contributed by atoms with van der Waals surface area (Å²) in [6.45, 7) is -1.90. The van der Waals surface area contributed by atoms with E-state index in [1.54, 1.807) is 6.07 Å². The van der Waals surface area contributed by atoms with Crippen LogP contribution in [0.25, 0.3) is 0 Å². The Morgan fingerprint density at radius 2 is 2.19 bits per heavy atom. The van der Waals surface area contributed by atoms with Crippen LogP contribution in [0.3, 0.4) is 0 Å². The number of benzene rings is 1. The van der Waals surface area contributed by atoms with Crippen molar-refractivity contribution in [1.82, 2.24) is 0 Å². The minimum Gasteiger partial charge on any atom is -0.434 e. The molecule has 0 bridgehead atoms. The standard InChI is InChI=1S/C10H6ClF2NO2/c1-5(15)8-7(16-10(12)13)3-2-6(4-14)9(8)11/h2-3,10H,1H3. The fourth-order valence-electron chi connectivity index (χ4n) is 1.17. The van der Waals surface area contributed by atoms with Crippen molar-refractivity contribution in [3.63, 3.8) is 0 Å². The lowest BCUT2D eigenvalue weighted by Gasteiger charge is -2.10. The number of ketones is 1. The molecular formula is C10H6ClF2NO2. The van der Waals surface area contributed by atoms with E-state index in [4.69, 9.17) is 16.9 Å². The van der Waals surface area contributed by atoms with Gasteiger partial charge in [0.15, 0.2) is 5.78 Å². The quantitative estimate of drug-likeness (QED) is 0.769. The van der Waals surface area contributed by atoms with Gasteiger partial charge in [-0.05, 0) is 19.1 Å². The van der Waals surface area contributed by atoms with E-state index in [0.717, 1.165) is 13.0 Å². The van der Waals surface area contributed by atoms with Gasteiger partial charge in [-0.1, -0.05) is 11.6 Å². The number of Topliss-reactive ketones (excluding diaryl/α,β-unsaturated/α-hetero) is 1. The highest BCUT2D eigenvalue weighted by molar-refractivity contribution is 6.35. The van der Waals surface area contributed by atoms with Crippen molar-refractivity contribution in [2.75, 3.05) is 0 Å². The van der Waals surface area contributed by atoms with Gasteiger partial charge in [-0.15, -0.1) is 0 Å². The number of carbonyl (C=O) groups excluding carboxylic acids is 1. The van der Waals surface area contributed by atoms with Gasteiger partial charge in [0.2, 0.25) is 0 Å². The zero-order valence-electron chi connectivity index (χ0n) is 8.13. The van der Waals surface area contributed by atoms with Crippen LogP contribution in [0.5, 0.6) is 5.75 Å². The first-order valence-electron chi connectivity index (χ1n) is 4.15. The molecule has 0 aliphatic heterocycles. The van der Waals surface area contributed by atoms with E-state index in [2.05, 4.69) is 4.74 Å². The van der Waals surface area contributed by atoms with Crippen LogP contribution in [0, 0.1) is 11.3 Å². The number of carbonyl (C=O) groups is 1. The van der Waals surface area contributed by atoms with E-state index in [9.17, 15) is 13.6 Å². The van der Waals surface area contributed by atoms with Crippen molar-refractivity contribution in [2.24, 2.45) is 0 Å². The fourth-order valence-corrected chi connectivity index (χ4v) is 1.50. The Labute approximate surface area is 95.2 Å². The summed E-state index contributed by atoms with van der Waals surface area (Å²) in [5, 5.41) is 8.49. The highest BCUT2D eigenvalue weighted by Crippen LogP contribution is 2.31. The molecule has 0 N–H and O–H groups in total. The molecule has 16 heavy (non-hydrogen) atoms. The molecular weight excluding hydrogens is 240 g/mol. The molecule has 84 valence electrons. The number of hydrogen-bond donors (Lipinski definition) is 0. The largest absolute Gasteiger partial charge is 0.434 e. The average Bonchev–Trinajstić information content (AvgIpc) is 2.16. The van der Waals surface area contributed by atoms with E-state index in [1.165, 1.54) is 6.07 Å². The maximum Gasteiger partial charge on any atom is 0.387 e. The summed E-state index contributed by atoms with van der Waals surface area (Å²) < 4.78 is 28.2. The molecule has 0 atom stereocenters. The van der Waals surface area contributed by atoms with Crippen LogP contribution in [0.4, 0.5) is 8.78 Å². The summed E-state index contributed by atoms with van der Waals surface area (Å²) in [5.74, 6) is -0.871. The highest BCUT2D eigenvalue weighted by atomic mass is 35.5. The lowest BCUT2D eigenvalue weighted by molar-refractivity contribution is -0.0501. The molecule has 0 heterocycles. The Morgan fingerprint density at radius 3 is 2.62 bits per heavy atom. The normalized spacial score (nSPS) is 10.0. The van der Waals surface area contributed by atoms with E-state index < -0.39 is 12.4 Å². The number of nitrogens with zero attached hydrogens (tertiary/aromatic N) is 1. The van der Waals surface area contributed by atoms with Crippen LogP contribution in [0.2, 0.25) is 5.02 Å². The second-order valence-corrected chi connectivity index (χ2v) is 3.22. The molecule has 0 unspecified atom stereocenters. The van der Waals surface area contributed by atoms with Crippen molar-refractivity contribution in [1.29, 1.82) is 5.26 Å². The minimum absolute atomic E-state index is 0.0356. The van der Waals surface area contributed by atoms with Crippen molar-refractivity contribution in [2.45, 2.75) is 13.5 Å². The van der Waals surface area contributed by atoms with Gasteiger partial charge in [0.1, 0.15) is 11.8 Å². The molecule has 0 aliphatic carbocycles. The predicted octanol–water partition coefficient (Wildman–Crippen LogP) is 3.02. The van der Waals surface area contributed by atoms with E-state index >= 15 is 0 Å². The van der Waals surface area contributed by atoms with Crippen LogP contribution in [0.15, 0.2) is 12.1 Å². The molecule has 1 aromatic carbocycles. The van der Waals surface area contributed by atoms with Crippen molar-refractivity contribution < 1.29 is 18.3 Å². The molecule has 6 heteroatoms. The number of ether oxygens (including phenoxy) is 1. The summed E-state index contributed by atoms with van der Waals surface area (Å²) in [4.78, 5) is 11.2. The zero-order chi connectivity index (χ0) is 12.3. The maximum absolute atomic E-state index is 12.0. The summed E-state index contributed by atoms with van der Waals surface area (Å²) in [6, 6.07) is 4.08. The third-order valence-corrected chi connectivity index (χ3v) is 2.18. The third kappa shape index (κ3) is 2.47. The zero-order valence-corrected chi connectivity index (χ0v) is 8.89. The SMILES string of the molecule is CC(=O)c1c(OC(F)F)ccc(C#N)c1Cl. The van der Waals surface area contributed by atoms with Crippen LogP contribution >= 0.6 is 11.6 Å². The van der Waals surface area contributed by atoms with E-state index in [0.29, 0.717) is 0 Å². The monoisotopic (exact) mass is 245 g/mol. The highest BCUT2D eigenvalue weighted by Gasteiger charge is 2.18. The Kier molecular flexibility index (Phi) is 3.80. The summed E-state index contributed by atoms with van der Waals surface area (Å²) in [6.07, 6.45) is 0. The molecule has 3 nitrogen and oxygen atoms in total. The molecule has 0 aromatic heterocycles. The van der Waals surface area contributed by atoms with Crippen LogP contribution in [-0.4, -0.2) is 12.4 Å². The average molecular weight is 246 g/mol. The van der Waals surface area contributed by atoms with Crippen molar-refractivity contribution >= 4 is 17.4 Å². The topological polar surface area (TPSA) is 50.1 Å². The first kappa shape index (κ1) is 12.4. The third-order valence-electron chi connectivity index (χ3n) is 1.79. The number of rotatable bonds is 3. The molecule has 0 radical (unpaired) electrons. The van der Waals surface area contributed by atoms with Gasteiger partial charge in [-0.2, -0.15) is 14.0 Å². The lowest BCUT2D eigenvalue weighted by Crippen LogP contribution is -2.07. The van der Waals surface area contributed by atoms with Gasteiger partial charge in [-0.3, -0.25) is 4.79 Å². The number of nitriles is 1. The van der Waals surface area contributed by atoms with Gasteiger partial charge in [0.25, 0.3) is 0 Å². The maximum atomic E-state index is 12.0. The number of hydrogen-bond acceptors (Lipinski definition) is 3. The molecule has 1 rings (SSSR count). The first-order valence-corrected chi connectivity index (χ1v) is 4.53. The summed E-state index contributed by atoms with van der Waals surface area (Å²) in [5.41, 5.74) is -0.172.